The summed E-state index contributed by atoms with van der Waals surface area (Å²) in [6.45, 7) is 5.92. The highest BCUT2D eigenvalue weighted by molar-refractivity contribution is 5.73. The Morgan fingerprint density at radius 1 is 1.62 bits per heavy atom. The van der Waals surface area contributed by atoms with Gasteiger partial charge in [-0.1, -0.05) is 13.8 Å². The van der Waals surface area contributed by atoms with Gasteiger partial charge in [-0.05, 0) is 13.5 Å². The molecule has 0 bridgehead atoms. The van der Waals surface area contributed by atoms with E-state index in [4.69, 9.17) is 9.84 Å². The Hall–Kier alpha value is -0.650. The van der Waals surface area contributed by atoms with Crippen LogP contribution in [-0.2, 0) is 9.53 Å². The van der Waals surface area contributed by atoms with Crippen LogP contribution in [0.25, 0.3) is 0 Å². The summed E-state index contributed by atoms with van der Waals surface area (Å²) in [7, 11) is 1.96. The molecule has 0 aliphatic carbocycles. The molecule has 94 valence electrons. The molecule has 1 rings (SSSR count). The largest absolute Gasteiger partial charge is 0.480 e. The van der Waals surface area contributed by atoms with Crippen LogP contribution in [0.5, 0.6) is 0 Å². The minimum absolute atomic E-state index is 0.175. The summed E-state index contributed by atoms with van der Waals surface area (Å²) >= 11 is 0. The number of carboxylic acids is 1. The van der Waals surface area contributed by atoms with E-state index in [1.165, 1.54) is 0 Å². The van der Waals surface area contributed by atoms with Crippen LogP contribution in [0.4, 0.5) is 0 Å². The molecule has 0 radical (unpaired) electrons. The Bertz CT molecular complexity index is 227. The van der Waals surface area contributed by atoms with Crippen molar-refractivity contribution in [2.45, 2.75) is 38.4 Å². The predicted molar refractivity (Wildman–Crippen MR) is 61.5 cm³/mol. The number of nitrogens with one attached hydrogen (secondary N) is 1. The molecule has 2 N–H and O–H groups in total. The number of rotatable bonds is 6. The molecule has 1 fully saturated rings. The van der Waals surface area contributed by atoms with Crippen LogP contribution >= 0.6 is 0 Å². The van der Waals surface area contributed by atoms with Crippen molar-refractivity contribution in [2.24, 2.45) is 0 Å². The third-order valence-electron chi connectivity index (χ3n) is 2.83. The molecule has 0 amide bonds. The van der Waals surface area contributed by atoms with Gasteiger partial charge >= 0.3 is 5.97 Å². The fourth-order valence-electron chi connectivity index (χ4n) is 1.91. The van der Waals surface area contributed by atoms with E-state index in [1.807, 2.05) is 20.9 Å². The first-order valence-corrected chi connectivity index (χ1v) is 5.77. The summed E-state index contributed by atoms with van der Waals surface area (Å²) in [5.74, 6) is -0.792. The van der Waals surface area contributed by atoms with Gasteiger partial charge in [-0.2, -0.15) is 0 Å². The topological polar surface area (TPSA) is 61.8 Å². The van der Waals surface area contributed by atoms with E-state index >= 15 is 0 Å². The van der Waals surface area contributed by atoms with Gasteiger partial charge in [-0.25, -0.2) is 0 Å². The smallest absolute Gasteiger partial charge is 0.322 e. The summed E-state index contributed by atoms with van der Waals surface area (Å²) in [4.78, 5) is 13.1. The lowest BCUT2D eigenvalue weighted by molar-refractivity contribution is -0.140. The van der Waals surface area contributed by atoms with Crippen LogP contribution < -0.4 is 5.32 Å². The van der Waals surface area contributed by atoms with Crippen LogP contribution in [0.15, 0.2) is 0 Å². The molecule has 1 saturated heterocycles. The zero-order valence-electron chi connectivity index (χ0n) is 10.3. The van der Waals surface area contributed by atoms with Crippen LogP contribution in [0.3, 0.4) is 0 Å². The second-order valence-electron chi connectivity index (χ2n) is 4.67. The quantitative estimate of drug-likeness (QED) is 0.680. The van der Waals surface area contributed by atoms with Gasteiger partial charge in [-0.15, -0.1) is 0 Å². The summed E-state index contributed by atoms with van der Waals surface area (Å²) < 4.78 is 5.29. The molecule has 1 heterocycles. The Balaban J connectivity index is 2.43. The standard InChI is InChI=1S/C11H22N2O3/c1-8(2)12-10(11(14)15)6-13(3)9-4-5-16-7-9/h8-10,12H,4-7H2,1-3H3,(H,14,15). The molecule has 2 unspecified atom stereocenters. The average molecular weight is 230 g/mol. The summed E-state index contributed by atoms with van der Waals surface area (Å²) in [5.41, 5.74) is 0. The Kier molecular flexibility index (Phi) is 5.18. The van der Waals surface area contributed by atoms with Crippen molar-refractivity contribution in [1.29, 1.82) is 0 Å². The highest BCUT2D eigenvalue weighted by atomic mass is 16.5. The van der Waals surface area contributed by atoms with Crippen molar-refractivity contribution in [1.82, 2.24) is 10.2 Å². The Morgan fingerprint density at radius 3 is 2.75 bits per heavy atom. The van der Waals surface area contributed by atoms with Gasteiger partial charge in [0.2, 0.25) is 0 Å². The maximum absolute atomic E-state index is 11.1. The van der Waals surface area contributed by atoms with Crippen molar-refractivity contribution in [3.63, 3.8) is 0 Å². The van der Waals surface area contributed by atoms with Crippen LogP contribution in [0.2, 0.25) is 0 Å². The molecular formula is C11H22N2O3. The third kappa shape index (κ3) is 4.08. The van der Waals surface area contributed by atoms with E-state index in [9.17, 15) is 4.79 Å². The number of hydrogen-bond donors (Lipinski definition) is 2. The van der Waals surface area contributed by atoms with Gasteiger partial charge in [0.15, 0.2) is 0 Å². The maximum atomic E-state index is 11.1. The highest BCUT2D eigenvalue weighted by Gasteiger charge is 2.26. The molecule has 16 heavy (non-hydrogen) atoms. The number of nitrogens with zero attached hydrogens (tertiary/aromatic N) is 1. The van der Waals surface area contributed by atoms with Crippen molar-refractivity contribution in [3.8, 4) is 0 Å². The molecule has 2 atom stereocenters. The van der Waals surface area contributed by atoms with Gasteiger partial charge in [-0.3, -0.25) is 9.69 Å². The second-order valence-corrected chi connectivity index (χ2v) is 4.67. The molecule has 0 aromatic carbocycles. The molecule has 0 aromatic rings. The number of carbonyl (C=O) groups is 1. The van der Waals surface area contributed by atoms with Gasteiger partial charge < -0.3 is 15.2 Å². The zero-order valence-corrected chi connectivity index (χ0v) is 10.3. The van der Waals surface area contributed by atoms with Crippen molar-refractivity contribution in [2.75, 3.05) is 26.8 Å². The molecule has 1 aliphatic heterocycles. The highest BCUT2D eigenvalue weighted by Crippen LogP contribution is 2.10. The number of ether oxygens (including phenoxy) is 1. The lowest BCUT2D eigenvalue weighted by Crippen LogP contribution is -2.50. The van der Waals surface area contributed by atoms with Crippen molar-refractivity contribution in [3.05, 3.63) is 0 Å². The predicted octanol–water partition coefficient (Wildman–Crippen LogP) is 0.158. The number of likely N-dealkylation sites (N-methyl/N-ethyl adjacent to an activating group) is 1. The van der Waals surface area contributed by atoms with E-state index < -0.39 is 12.0 Å². The van der Waals surface area contributed by atoms with Gasteiger partial charge in [0.05, 0.1) is 6.61 Å². The molecule has 5 heteroatoms. The zero-order chi connectivity index (χ0) is 12.1. The van der Waals surface area contributed by atoms with Crippen LogP contribution in [0, 0.1) is 0 Å². The fourth-order valence-corrected chi connectivity index (χ4v) is 1.91. The average Bonchev–Trinajstić information content (AvgIpc) is 2.68. The number of hydrogen-bond acceptors (Lipinski definition) is 4. The summed E-state index contributed by atoms with van der Waals surface area (Å²) in [5, 5.41) is 12.1. The van der Waals surface area contributed by atoms with Crippen LogP contribution in [0.1, 0.15) is 20.3 Å². The Morgan fingerprint density at radius 2 is 2.31 bits per heavy atom. The number of aliphatic carboxylic acids is 1. The minimum atomic E-state index is -0.792. The minimum Gasteiger partial charge on any atom is -0.480 e. The molecule has 0 spiro atoms. The molecule has 1 aliphatic rings. The lowest BCUT2D eigenvalue weighted by atomic mass is 10.2. The van der Waals surface area contributed by atoms with Gasteiger partial charge in [0.1, 0.15) is 6.04 Å². The SMILES string of the molecule is CC(C)NC(CN(C)C1CCOC1)C(=O)O. The monoisotopic (exact) mass is 230 g/mol. The molecule has 0 aromatic heterocycles. The first kappa shape index (κ1) is 13.4. The second kappa shape index (κ2) is 6.18. The van der Waals surface area contributed by atoms with E-state index in [0.29, 0.717) is 19.2 Å². The van der Waals surface area contributed by atoms with E-state index in [0.717, 1.165) is 13.0 Å². The molecule has 0 saturated carbocycles. The first-order valence-electron chi connectivity index (χ1n) is 5.77. The van der Waals surface area contributed by atoms with E-state index in [-0.39, 0.29) is 6.04 Å². The summed E-state index contributed by atoms with van der Waals surface area (Å²) in [6.07, 6.45) is 0.991. The maximum Gasteiger partial charge on any atom is 0.322 e. The van der Waals surface area contributed by atoms with E-state index in [1.54, 1.807) is 0 Å². The van der Waals surface area contributed by atoms with E-state index in [2.05, 4.69) is 10.2 Å². The number of carboxylic acid groups (broad SMARTS) is 1. The fraction of sp³-hybridized carbons (Fsp3) is 0.909. The van der Waals surface area contributed by atoms with Gasteiger partial charge in [0, 0.05) is 25.2 Å². The molecular weight excluding hydrogens is 208 g/mol. The van der Waals surface area contributed by atoms with Crippen molar-refractivity contribution >= 4 is 5.97 Å². The Labute approximate surface area is 96.8 Å². The van der Waals surface area contributed by atoms with Crippen LogP contribution in [-0.4, -0.2) is 60.9 Å². The van der Waals surface area contributed by atoms with Crippen molar-refractivity contribution < 1.29 is 14.6 Å². The third-order valence-corrected chi connectivity index (χ3v) is 2.83. The lowest BCUT2D eigenvalue weighted by Gasteiger charge is -2.27. The normalized spacial score (nSPS) is 22.9. The first-order chi connectivity index (χ1) is 7.50. The molecule has 5 nitrogen and oxygen atoms in total. The summed E-state index contributed by atoms with van der Waals surface area (Å²) in [6, 6.07) is 0.0238. The van der Waals surface area contributed by atoms with Gasteiger partial charge in [0.25, 0.3) is 0 Å².